The van der Waals surface area contributed by atoms with Gasteiger partial charge in [0.05, 0.1) is 22.1 Å². The van der Waals surface area contributed by atoms with Crippen LogP contribution in [0.1, 0.15) is 23.7 Å². The van der Waals surface area contributed by atoms with Crippen LogP contribution in [0.4, 0.5) is 11.4 Å². The Morgan fingerprint density at radius 3 is 2.71 bits per heavy atom. The molecule has 0 saturated heterocycles. The van der Waals surface area contributed by atoms with Crippen LogP contribution in [0, 0.1) is 0 Å². The van der Waals surface area contributed by atoms with Crippen molar-refractivity contribution in [3.63, 3.8) is 0 Å². The smallest absolute Gasteiger partial charge is 0.234 e. The Morgan fingerprint density at radius 1 is 1.18 bits per heavy atom. The molecule has 2 aromatic carbocycles. The Labute approximate surface area is 166 Å². The zero-order valence-corrected chi connectivity index (χ0v) is 16.7. The molecule has 0 radical (unpaired) electrons. The molecule has 1 aliphatic heterocycles. The first-order chi connectivity index (χ1) is 13.2. The average molecular weight is 418 g/mol. The molecule has 0 fully saturated rings. The van der Waals surface area contributed by atoms with Gasteiger partial charge in [-0.05, 0) is 37.3 Å². The van der Waals surface area contributed by atoms with Gasteiger partial charge in [-0.1, -0.05) is 12.1 Å². The van der Waals surface area contributed by atoms with E-state index < -0.39 is 15.7 Å². The highest BCUT2D eigenvalue weighted by Crippen LogP contribution is 2.33. The van der Waals surface area contributed by atoms with Crippen LogP contribution in [0.3, 0.4) is 0 Å². The Bertz CT molecular complexity index is 1060. The quantitative estimate of drug-likeness (QED) is 0.698. The molecule has 7 nitrogen and oxygen atoms in total. The minimum Gasteiger partial charge on any atom is -0.326 e. The van der Waals surface area contributed by atoms with E-state index in [9.17, 15) is 22.8 Å². The lowest BCUT2D eigenvalue weighted by Crippen LogP contribution is -2.20. The second kappa shape index (κ2) is 8.15. The lowest BCUT2D eigenvalue weighted by atomic mass is 10.1. The van der Waals surface area contributed by atoms with Crippen LogP contribution in [0.25, 0.3) is 0 Å². The van der Waals surface area contributed by atoms with Gasteiger partial charge in [-0.2, -0.15) is 0 Å². The third kappa shape index (κ3) is 4.79. The normalized spacial score (nSPS) is 13.4. The molecule has 1 aliphatic rings. The molecule has 0 bridgehead atoms. The first-order valence-corrected chi connectivity index (χ1v) is 11.1. The van der Waals surface area contributed by atoms with Crippen molar-refractivity contribution in [1.82, 2.24) is 0 Å². The Balaban J connectivity index is 1.65. The van der Waals surface area contributed by atoms with E-state index in [1.165, 1.54) is 30.8 Å². The first kappa shape index (κ1) is 20.1. The van der Waals surface area contributed by atoms with E-state index in [0.717, 1.165) is 0 Å². The van der Waals surface area contributed by atoms with Crippen molar-refractivity contribution in [2.45, 2.75) is 23.1 Å². The van der Waals surface area contributed by atoms with Gasteiger partial charge < -0.3 is 10.6 Å². The highest BCUT2D eigenvalue weighted by molar-refractivity contribution is 8.00. The Kier molecular flexibility index (Phi) is 5.85. The monoisotopic (exact) mass is 418 g/mol. The number of carbonyl (C=O) groups excluding carboxylic acids is 3. The predicted octanol–water partition coefficient (Wildman–Crippen LogP) is 2.74. The predicted molar refractivity (Wildman–Crippen MR) is 108 cm³/mol. The summed E-state index contributed by atoms with van der Waals surface area (Å²) in [6.45, 7) is 1.43. The van der Waals surface area contributed by atoms with E-state index in [1.807, 2.05) is 0 Å². The van der Waals surface area contributed by atoms with Gasteiger partial charge in [0.25, 0.3) is 0 Å². The maximum Gasteiger partial charge on any atom is 0.234 e. The van der Waals surface area contributed by atoms with Crippen molar-refractivity contribution in [1.29, 1.82) is 0 Å². The topological polar surface area (TPSA) is 109 Å². The number of anilines is 2. The summed E-state index contributed by atoms with van der Waals surface area (Å²) >= 11 is 1.27. The van der Waals surface area contributed by atoms with Crippen molar-refractivity contribution in [2.75, 3.05) is 22.1 Å². The number of nitrogens with one attached hydrogen (secondary N) is 2. The molecular formula is C19H18N2O5S2. The zero-order valence-electron chi connectivity index (χ0n) is 15.0. The van der Waals surface area contributed by atoms with Gasteiger partial charge in [-0.3, -0.25) is 14.4 Å². The van der Waals surface area contributed by atoms with Crippen LogP contribution in [0.15, 0.2) is 52.3 Å². The number of hydrogen-bond acceptors (Lipinski definition) is 6. The molecule has 0 unspecified atom stereocenters. The fourth-order valence-corrected chi connectivity index (χ4v) is 4.81. The summed E-state index contributed by atoms with van der Waals surface area (Å²) in [7, 11) is -3.66. The maximum absolute atomic E-state index is 12.6. The van der Waals surface area contributed by atoms with Gasteiger partial charge in [-0.25, -0.2) is 8.42 Å². The number of benzene rings is 2. The van der Waals surface area contributed by atoms with Gasteiger partial charge >= 0.3 is 0 Å². The van der Waals surface area contributed by atoms with E-state index in [4.69, 9.17) is 0 Å². The number of rotatable bonds is 6. The molecule has 9 heteroatoms. The summed E-state index contributed by atoms with van der Waals surface area (Å²) < 4.78 is 25.1. The summed E-state index contributed by atoms with van der Waals surface area (Å²) in [5.74, 6) is -0.818. The van der Waals surface area contributed by atoms with Crippen molar-refractivity contribution in [2.24, 2.45) is 0 Å². The third-order valence-electron chi connectivity index (χ3n) is 4.10. The molecule has 3 rings (SSSR count). The molecule has 146 valence electrons. The number of hydrogen-bond donors (Lipinski definition) is 2. The molecule has 0 aliphatic carbocycles. The van der Waals surface area contributed by atoms with E-state index in [0.29, 0.717) is 21.8 Å². The third-order valence-corrected chi connectivity index (χ3v) is 6.86. The van der Waals surface area contributed by atoms with Crippen LogP contribution < -0.4 is 10.6 Å². The number of thioether (sulfide) groups is 1. The summed E-state index contributed by atoms with van der Waals surface area (Å²) in [4.78, 5) is 35.7. The highest BCUT2D eigenvalue weighted by atomic mass is 32.2. The minimum absolute atomic E-state index is 0.112. The molecule has 1 heterocycles. The summed E-state index contributed by atoms with van der Waals surface area (Å²) in [5, 5.41) is 5.29. The number of carbonyl (C=O) groups is 3. The van der Waals surface area contributed by atoms with Gasteiger partial charge in [0.1, 0.15) is 0 Å². The number of Topliss-reactive ketones (excluding diaryl/α,β-unsaturated/α-hetero) is 1. The zero-order chi connectivity index (χ0) is 20.3. The van der Waals surface area contributed by atoms with Gasteiger partial charge in [-0.15, -0.1) is 11.8 Å². The number of amides is 2. The van der Waals surface area contributed by atoms with Crippen molar-refractivity contribution < 1.29 is 22.8 Å². The second-order valence-electron chi connectivity index (χ2n) is 6.25. The minimum atomic E-state index is -3.66. The van der Waals surface area contributed by atoms with E-state index in [1.54, 1.807) is 30.3 Å². The highest BCUT2D eigenvalue weighted by Gasteiger charge is 2.21. The van der Waals surface area contributed by atoms with Crippen LogP contribution in [-0.4, -0.2) is 37.5 Å². The van der Waals surface area contributed by atoms with Gasteiger partial charge in [0, 0.05) is 22.6 Å². The lowest BCUT2D eigenvalue weighted by Gasteiger charge is -2.17. The number of sulfone groups is 1. The summed E-state index contributed by atoms with van der Waals surface area (Å²) in [5.41, 5.74) is 1.49. The van der Waals surface area contributed by atoms with Gasteiger partial charge in [0.15, 0.2) is 15.6 Å². The molecule has 0 atom stereocenters. The van der Waals surface area contributed by atoms with Gasteiger partial charge in [0.2, 0.25) is 11.8 Å². The van der Waals surface area contributed by atoms with Crippen LogP contribution in [0.2, 0.25) is 0 Å². The molecule has 0 spiro atoms. The Hall–Kier alpha value is -2.65. The first-order valence-electron chi connectivity index (χ1n) is 8.45. The van der Waals surface area contributed by atoms with Crippen molar-refractivity contribution in [3.05, 3.63) is 48.0 Å². The Morgan fingerprint density at radius 2 is 1.96 bits per heavy atom. The van der Waals surface area contributed by atoms with Crippen LogP contribution in [0.5, 0.6) is 0 Å². The maximum atomic E-state index is 12.6. The largest absolute Gasteiger partial charge is 0.326 e. The summed E-state index contributed by atoms with van der Waals surface area (Å²) in [6.07, 6.45) is -0.215. The van der Waals surface area contributed by atoms with Crippen LogP contribution in [-0.2, 0) is 19.4 Å². The lowest BCUT2D eigenvalue weighted by molar-refractivity contribution is -0.116. The number of ketones is 1. The van der Waals surface area contributed by atoms with Crippen molar-refractivity contribution >= 4 is 50.6 Å². The summed E-state index contributed by atoms with van der Waals surface area (Å²) in [6, 6.07) is 11.0. The fourth-order valence-electron chi connectivity index (χ4n) is 2.63. The second-order valence-corrected chi connectivity index (χ2v) is 9.38. The molecule has 28 heavy (non-hydrogen) atoms. The van der Waals surface area contributed by atoms with Crippen LogP contribution >= 0.6 is 11.8 Å². The molecular weight excluding hydrogens is 400 g/mol. The fraction of sp³-hybridized carbons (Fsp3) is 0.211. The van der Waals surface area contributed by atoms with E-state index in [-0.39, 0.29) is 34.5 Å². The molecule has 0 aromatic heterocycles. The average Bonchev–Trinajstić information content (AvgIpc) is 2.66. The standard InChI is InChI=1S/C19H18N2O5S2/c1-12(22)13-3-2-4-14(9-13)20-18(23)7-8-28(25,26)15-5-6-16-17(10-15)27-11-19(24)21-16/h2-6,9-10H,7-8,11H2,1H3,(H,20,23)(H,21,24). The molecule has 2 amide bonds. The molecule has 2 aromatic rings. The SMILES string of the molecule is CC(=O)c1cccc(NC(=O)CCS(=O)(=O)c2ccc3c(c2)SCC(=O)N3)c1. The van der Waals surface area contributed by atoms with E-state index >= 15 is 0 Å². The molecule has 0 saturated carbocycles. The number of fused-ring (bicyclic) bond motifs is 1. The van der Waals surface area contributed by atoms with E-state index in [2.05, 4.69) is 10.6 Å². The molecule has 2 N–H and O–H groups in total. The van der Waals surface area contributed by atoms with Crippen molar-refractivity contribution in [3.8, 4) is 0 Å².